The summed E-state index contributed by atoms with van der Waals surface area (Å²) in [5.41, 5.74) is 5.85. The molecule has 5 nitrogen and oxygen atoms in total. The molecule has 0 atom stereocenters. The third-order valence-corrected chi connectivity index (χ3v) is 3.49. The van der Waals surface area contributed by atoms with Gasteiger partial charge in [-0.3, -0.25) is 4.79 Å². The first-order valence-electron chi connectivity index (χ1n) is 6.59. The van der Waals surface area contributed by atoms with E-state index in [4.69, 9.17) is 15.7 Å². The Balaban J connectivity index is 2.49. The lowest BCUT2D eigenvalue weighted by molar-refractivity contribution is -0.137. The summed E-state index contributed by atoms with van der Waals surface area (Å²) in [6, 6.07) is 2.34. The Morgan fingerprint density at radius 1 is 1.39 bits per heavy atom. The molecule has 18 heavy (non-hydrogen) atoms. The van der Waals surface area contributed by atoms with Crippen molar-refractivity contribution in [3.63, 3.8) is 0 Å². The molecule has 0 saturated heterocycles. The number of ether oxygens (including phenoxy) is 1. The zero-order chi connectivity index (χ0) is 13.4. The first-order chi connectivity index (χ1) is 8.69. The van der Waals surface area contributed by atoms with Crippen LogP contribution in [0.5, 0.6) is 0 Å². The largest absolute Gasteiger partial charge is 0.383 e. The van der Waals surface area contributed by atoms with Gasteiger partial charge in [-0.05, 0) is 25.7 Å². The molecular weight excluding hydrogens is 230 g/mol. The number of hydrogen-bond acceptors (Lipinski definition) is 4. The van der Waals surface area contributed by atoms with Gasteiger partial charge >= 0.3 is 0 Å². The van der Waals surface area contributed by atoms with Crippen molar-refractivity contribution in [2.75, 3.05) is 26.8 Å². The summed E-state index contributed by atoms with van der Waals surface area (Å²) < 4.78 is 5.01. The number of nitrogens with zero attached hydrogens (tertiary/aromatic N) is 2. The van der Waals surface area contributed by atoms with E-state index in [1.54, 1.807) is 12.0 Å². The van der Waals surface area contributed by atoms with Crippen molar-refractivity contribution >= 4 is 5.91 Å². The van der Waals surface area contributed by atoms with Crippen LogP contribution in [0.1, 0.15) is 32.1 Å². The molecule has 1 saturated carbocycles. The molecule has 1 aliphatic carbocycles. The second-order valence-electron chi connectivity index (χ2n) is 4.84. The molecule has 0 aromatic heterocycles. The van der Waals surface area contributed by atoms with Gasteiger partial charge in [-0.2, -0.15) is 5.26 Å². The Bertz CT molecular complexity index is 293. The Morgan fingerprint density at radius 3 is 2.61 bits per heavy atom. The van der Waals surface area contributed by atoms with Crippen molar-refractivity contribution in [2.45, 2.75) is 38.1 Å². The maximum Gasteiger partial charge on any atom is 0.225 e. The molecule has 0 aliphatic heterocycles. The van der Waals surface area contributed by atoms with E-state index in [1.807, 2.05) is 0 Å². The number of rotatable bonds is 6. The molecular formula is C13H23N3O2. The SMILES string of the molecule is COCCN(CCC#N)C(=O)C1CCC(N)CC1. The smallest absolute Gasteiger partial charge is 0.225 e. The van der Waals surface area contributed by atoms with Gasteiger partial charge in [0, 0.05) is 32.2 Å². The molecule has 0 aromatic rings. The molecule has 1 fully saturated rings. The second kappa shape index (κ2) is 8.06. The highest BCUT2D eigenvalue weighted by Gasteiger charge is 2.27. The molecule has 1 rings (SSSR count). The summed E-state index contributed by atoms with van der Waals surface area (Å²) in [6.45, 7) is 1.59. The van der Waals surface area contributed by atoms with Crippen molar-refractivity contribution in [1.29, 1.82) is 5.26 Å². The molecule has 1 amide bonds. The number of methoxy groups -OCH3 is 1. The van der Waals surface area contributed by atoms with Gasteiger partial charge in [-0.25, -0.2) is 0 Å². The summed E-state index contributed by atoms with van der Waals surface area (Å²) >= 11 is 0. The zero-order valence-electron chi connectivity index (χ0n) is 11.1. The molecule has 5 heteroatoms. The number of carbonyl (C=O) groups is 1. The third-order valence-electron chi connectivity index (χ3n) is 3.49. The Hall–Kier alpha value is -1.12. The van der Waals surface area contributed by atoms with E-state index in [0.717, 1.165) is 25.7 Å². The van der Waals surface area contributed by atoms with Gasteiger partial charge in [0.15, 0.2) is 0 Å². The molecule has 2 N–H and O–H groups in total. The van der Waals surface area contributed by atoms with Crippen molar-refractivity contribution in [1.82, 2.24) is 4.90 Å². The fourth-order valence-electron chi connectivity index (χ4n) is 2.34. The van der Waals surface area contributed by atoms with Gasteiger partial charge in [-0.1, -0.05) is 0 Å². The average Bonchev–Trinajstić information content (AvgIpc) is 2.39. The Morgan fingerprint density at radius 2 is 2.06 bits per heavy atom. The van der Waals surface area contributed by atoms with E-state index < -0.39 is 0 Å². The number of nitriles is 1. The number of hydrogen-bond donors (Lipinski definition) is 1. The van der Waals surface area contributed by atoms with E-state index in [1.165, 1.54) is 0 Å². The molecule has 102 valence electrons. The van der Waals surface area contributed by atoms with Crippen molar-refractivity contribution in [3.05, 3.63) is 0 Å². The van der Waals surface area contributed by atoms with Crippen LogP contribution in [0, 0.1) is 17.2 Å². The van der Waals surface area contributed by atoms with Crippen LogP contribution in [0.25, 0.3) is 0 Å². The van der Waals surface area contributed by atoms with Crippen molar-refractivity contribution < 1.29 is 9.53 Å². The number of amides is 1. The standard InChI is InChI=1S/C13H23N3O2/c1-18-10-9-16(8-2-7-14)13(17)11-3-5-12(15)6-4-11/h11-12H,2-6,8-10,15H2,1H3. The summed E-state index contributed by atoms with van der Waals surface area (Å²) in [5, 5.41) is 8.63. The van der Waals surface area contributed by atoms with Crippen LogP contribution < -0.4 is 5.73 Å². The van der Waals surface area contributed by atoms with Crippen molar-refractivity contribution in [2.24, 2.45) is 11.7 Å². The average molecular weight is 253 g/mol. The van der Waals surface area contributed by atoms with Gasteiger partial charge in [0.2, 0.25) is 5.91 Å². The van der Waals surface area contributed by atoms with Crippen LogP contribution in [0.3, 0.4) is 0 Å². The second-order valence-corrected chi connectivity index (χ2v) is 4.84. The highest BCUT2D eigenvalue weighted by Crippen LogP contribution is 2.25. The topological polar surface area (TPSA) is 79.3 Å². The van der Waals surface area contributed by atoms with E-state index in [2.05, 4.69) is 6.07 Å². The predicted molar refractivity (Wildman–Crippen MR) is 68.6 cm³/mol. The maximum absolute atomic E-state index is 12.3. The lowest BCUT2D eigenvalue weighted by atomic mass is 9.85. The highest BCUT2D eigenvalue weighted by atomic mass is 16.5. The van der Waals surface area contributed by atoms with Crippen LogP contribution in [0.15, 0.2) is 0 Å². The number of carbonyl (C=O) groups excluding carboxylic acids is 1. The predicted octanol–water partition coefficient (Wildman–Crippen LogP) is 0.893. The summed E-state index contributed by atoms with van der Waals surface area (Å²) in [6.07, 6.45) is 3.97. The van der Waals surface area contributed by atoms with Crippen LogP contribution in [0.2, 0.25) is 0 Å². The third kappa shape index (κ3) is 4.63. The van der Waals surface area contributed by atoms with Crippen LogP contribution >= 0.6 is 0 Å². The van der Waals surface area contributed by atoms with E-state index >= 15 is 0 Å². The van der Waals surface area contributed by atoms with Gasteiger partial charge < -0.3 is 15.4 Å². The molecule has 0 spiro atoms. The lowest BCUT2D eigenvalue weighted by Crippen LogP contribution is -2.41. The Labute approximate surface area is 109 Å². The van der Waals surface area contributed by atoms with Crippen molar-refractivity contribution in [3.8, 4) is 6.07 Å². The fourth-order valence-corrected chi connectivity index (χ4v) is 2.34. The summed E-state index contributed by atoms with van der Waals surface area (Å²) in [4.78, 5) is 14.1. The summed E-state index contributed by atoms with van der Waals surface area (Å²) in [7, 11) is 1.62. The molecule has 0 bridgehead atoms. The zero-order valence-corrected chi connectivity index (χ0v) is 11.1. The van der Waals surface area contributed by atoms with Gasteiger partial charge in [0.25, 0.3) is 0 Å². The molecule has 0 aromatic carbocycles. The van der Waals surface area contributed by atoms with E-state index in [-0.39, 0.29) is 17.9 Å². The minimum absolute atomic E-state index is 0.0837. The summed E-state index contributed by atoms with van der Waals surface area (Å²) in [5.74, 6) is 0.245. The van der Waals surface area contributed by atoms with E-state index in [9.17, 15) is 4.79 Å². The van der Waals surface area contributed by atoms with Gasteiger partial charge in [0.05, 0.1) is 19.1 Å². The van der Waals surface area contributed by atoms with Crippen LogP contribution in [-0.4, -0.2) is 43.7 Å². The van der Waals surface area contributed by atoms with Crippen LogP contribution in [-0.2, 0) is 9.53 Å². The molecule has 0 radical (unpaired) electrons. The monoisotopic (exact) mass is 253 g/mol. The molecule has 0 heterocycles. The number of nitrogens with two attached hydrogens (primary N) is 1. The van der Waals surface area contributed by atoms with Gasteiger partial charge in [-0.15, -0.1) is 0 Å². The first-order valence-corrected chi connectivity index (χ1v) is 6.59. The maximum atomic E-state index is 12.3. The first kappa shape index (κ1) is 14.9. The molecule has 1 aliphatic rings. The lowest BCUT2D eigenvalue weighted by Gasteiger charge is -2.30. The highest BCUT2D eigenvalue weighted by molar-refractivity contribution is 5.79. The van der Waals surface area contributed by atoms with Gasteiger partial charge in [0.1, 0.15) is 0 Å². The van der Waals surface area contributed by atoms with E-state index in [0.29, 0.717) is 26.1 Å². The molecule has 0 unspecified atom stereocenters. The van der Waals surface area contributed by atoms with Crippen LogP contribution in [0.4, 0.5) is 0 Å². The Kier molecular flexibility index (Phi) is 6.69. The minimum Gasteiger partial charge on any atom is -0.383 e. The normalized spacial score (nSPS) is 23.4. The minimum atomic E-state index is 0.0837. The quantitative estimate of drug-likeness (QED) is 0.762. The fraction of sp³-hybridized carbons (Fsp3) is 0.846.